The van der Waals surface area contributed by atoms with Crippen LogP contribution in [0.5, 0.6) is 0 Å². The lowest BCUT2D eigenvalue weighted by molar-refractivity contribution is 0.616. The molecule has 0 nitrogen and oxygen atoms in total. The summed E-state index contributed by atoms with van der Waals surface area (Å²) in [4.78, 5) is 0. The summed E-state index contributed by atoms with van der Waals surface area (Å²) in [5.41, 5.74) is 0.664. The zero-order chi connectivity index (χ0) is 7.40. The highest BCUT2D eigenvalue weighted by Gasteiger charge is 1.95. The Morgan fingerprint density at radius 3 is 2.70 bits per heavy atom. The maximum atomic E-state index is 12.7. The Kier molecular flexibility index (Phi) is 2.51. The lowest BCUT2D eigenvalue weighted by Crippen LogP contribution is -1.88. The maximum Gasteiger partial charge on any atom is 0.126 e. The summed E-state index contributed by atoms with van der Waals surface area (Å²) in [5.74, 6) is -0.177. The van der Waals surface area contributed by atoms with Gasteiger partial charge in [-0.15, -0.1) is 0 Å². The Morgan fingerprint density at radius 2 is 2.10 bits per heavy atom. The van der Waals surface area contributed by atoms with Crippen molar-refractivity contribution in [3.05, 3.63) is 35.6 Å². The molecular formula is C8H7FS. The second-order valence-corrected chi connectivity index (χ2v) is 2.30. The van der Waals surface area contributed by atoms with E-state index in [9.17, 15) is 4.39 Å². The standard InChI is InChI=1S/C8H7FS/c9-8-4-2-1-3-7(8)5-6-10/h1-4,6H,5H2. The van der Waals surface area contributed by atoms with Crippen LogP contribution in [0.2, 0.25) is 0 Å². The molecule has 0 fully saturated rings. The fraction of sp³-hybridized carbons (Fsp3) is 0.125. The van der Waals surface area contributed by atoms with Crippen molar-refractivity contribution in [3.8, 4) is 0 Å². The number of hydrogen-bond donors (Lipinski definition) is 0. The average molecular weight is 154 g/mol. The second-order valence-electron chi connectivity index (χ2n) is 1.96. The molecule has 0 aliphatic heterocycles. The van der Waals surface area contributed by atoms with Gasteiger partial charge in [-0.2, -0.15) is 0 Å². The summed E-state index contributed by atoms with van der Waals surface area (Å²) in [5, 5.41) is 1.53. The van der Waals surface area contributed by atoms with Crippen molar-refractivity contribution in [1.29, 1.82) is 0 Å². The Hall–Kier alpha value is -0.760. The van der Waals surface area contributed by atoms with Gasteiger partial charge in [0.2, 0.25) is 0 Å². The lowest BCUT2D eigenvalue weighted by atomic mass is 10.2. The Labute approximate surface area is 64.7 Å². The summed E-state index contributed by atoms with van der Waals surface area (Å²) in [6, 6.07) is 6.64. The highest BCUT2D eigenvalue weighted by atomic mass is 32.1. The summed E-state index contributed by atoms with van der Waals surface area (Å²) in [6.07, 6.45) is 0.530. The molecule has 0 unspecified atom stereocenters. The first-order valence-electron chi connectivity index (χ1n) is 3.01. The quantitative estimate of drug-likeness (QED) is 0.589. The molecule has 2 heteroatoms. The zero-order valence-corrected chi connectivity index (χ0v) is 6.20. The fourth-order valence-electron chi connectivity index (χ4n) is 0.754. The third-order valence-corrected chi connectivity index (χ3v) is 1.43. The van der Waals surface area contributed by atoms with E-state index in [0.717, 1.165) is 0 Å². The second kappa shape index (κ2) is 3.42. The highest BCUT2D eigenvalue weighted by molar-refractivity contribution is 7.78. The van der Waals surface area contributed by atoms with Crippen molar-refractivity contribution in [1.82, 2.24) is 0 Å². The van der Waals surface area contributed by atoms with Gasteiger partial charge in [0.1, 0.15) is 5.82 Å². The van der Waals surface area contributed by atoms with Gasteiger partial charge in [0, 0.05) is 6.42 Å². The van der Waals surface area contributed by atoms with Crippen molar-refractivity contribution in [2.75, 3.05) is 0 Å². The minimum atomic E-state index is -0.177. The van der Waals surface area contributed by atoms with E-state index in [4.69, 9.17) is 0 Å². The van der Waals surface area contributed by atoms with Crippen LogP contribution in [-0.2, 0) is 6.42 Å². The first kappa shape index (κ1) is 7.35. The van der Waals surface area contributed by atoms with Gasteiger partial charge in [-0.3, -0.25) is 0 Å². The van der Waals surface area contributed by atoms with Crippen LogP contribution >= 0.6 is 12.2 Å². The Balaban J connectivity index is 2.91. The van der Waals surface area contributed by atoms with Gasteiger partial charge in [-0.05, 0) is 17.0 Å². The van der Waals surface area contributed by atoms with Gasteiger partial charge in [0.15, 0.2) is 0 Å². The van der Waals surface area contributed by atoms with Gasteiger partial charge in [0.25, 0.3) is 0 Å². The van der Waals surface area contributed by atoms with E-state index in [2.05, 4.69) is 12.2 Å². The van der Waals surface area contributed by atoms with Crippen LogP contribution < -0.4 is 0 Å². The van der Waals surface area contributed by atoms with E-state index in [1.807, 2.05) is 0 Å². The van der Waals surface area contributed by atoms with E-state index in [0.29, 0.717) is 12.0 Å². The molecular weight excluding hydrogens is 147 g/mol. The molecule has 0 aliphatic rings. The molecule has 1 aromatic rings. The van der Waals surface area contributed by atoms with Crippen molar-refractivity contribution >= 4 is 17.6 Å². The predicted octanol–water partition coefficient (Wildman–Crippen LogP) is 2.37. The maximum absolute atomic E-state index is 12.7. The molecule has 1 aromatic carbocycles. The van der Waals surface area contributed by atoms with Crippen LogP contribution in [0.25, 0.3) is 0 Å². The summed E-state index contributed by atoms with van der Waals surface area (Å²) < 4.78 is 12.7. The van der Waals surface area contributed by atoms with E-state index < -0.39 is 0 Å². The lowest BCUT2D eigenvalue weighted by Gasteiger charge is -1.95. The number of hydrogen-bond acceptors (Lipinski definition) is 1. The van der Waals surface area contributed by atoms with Crippen LogP contribution in [0.3, 0.4) is 0 Å². The first-order chi connectivity index (χ1) is 4.84. The summed E-state index contributed by atoms with van der Waals surface area (Å²) in [6.45, 7) is 0. The molecule has 0 atom stereocenters. The molecule has 0 saturated carbocycles. The number of rotatable bonds is 2. The average Bonchev–Trinajstić information content (AvgIpc) is 1.94. The molecule has 0 bridgehead atoms. The third-order valence-electron chi connectivity index (χ3n) is 1.26. The molecule has 0 aliphatic carbocycles. The molecule has 0 spiro atoms. The molecule has 0 radical (unpaired) electrons. The largest absolute Gasteiger partial charge is 0.207 e. The zero-order valence-electron chi connectivity index (χ0n) is 5.38. The van der Waals surface area contributed by atoms with Crippen LogP contribution in [0.1, 0.15) is 5.56 Å². The Morgan fingerprint density at radius 1 is 1.40 bits per heavy atom. The summed E-state index contributed by atoms with van der Waals surface area (Å²) in [7, 11) is 0. The molecule has 0 heterocycles. The smallest absolute Gasteiger partial charge is 0.126 e. The fourth-order valence-corrected chi connectivity index (χ4v) is 0.933. The number of thiocarbonyl (C=S) groups is 1. The number of benzene rings is 1. The van der Waals surface area contributed by atoms with Gasteiger partial charge < -0.3 is 0 Å². The van der Waals surface area contributed by atoms with Crippen LogP contribution in [0.15, 0.2) is 24.3 Å². The molecule has 0 aromatic heterocycles. The minimum Gasteiger partial charge on any atom is -0.207 e. The SMILES string of the molecule is Fc1ccccc1CC=S. The van der Waals surface area contributed by atoms with Crippen molar-refractivity contribution in [2.45, 2.75) is 6.42 Å². The van der Waals surface area contributed by atoms with Gasteiger partial charge in [-0.1, -0.05) is 30.4 Å². The van der Waals surface area contributed by atoms with E-state index in [1.54, 1.807) is 18.2 Å². The van der Waals surface area contributed by atoms with Crippen LogP contribution in [-0.4, -0.2) is 5.37 Å². The minimum absolute atomic E-state index is 0.177. The monoisotopic (exact) mass is 154 g/mol. The molecule has 0 amide bonds. The predicted molar refractivity (Wildman–Crippen MR) is 43.8 cm³/mol. The number of halogens is 1. The third kappa shape index (κ3) is 1.61. The van der Waals surface area contributed by atoms with E-state index >= 15 is 0 Å². The topological polar surface area (TPSA) is 0 Å². The van der Waals surface area contributed by atoms with E-state index in [-0.39, 0.29) is 5.82 Å². The van der Waals surface area contributed by atoms with Gasteiger partial charge in [0.05, 0.1) is 0 Å². The van der Waals surface area contributed by atoms with Crippen LogP contribution in [0, 0.1) is 5.82 Å². The summed E-state index contributed by atoms with van der Waals surface area (Å²) >= 11 is 4.60. The van der Waals surface area contributed by atoms with Gasteiger partial charge in [-0.25, -0.2) is 4.39 Å². The van der Waals surface area contributed by atoms with Crippen LogP contribution in [0.4, 0.5) is 4.39 Å². The van der Waals surface area contributed by atoms with Crippen molar-refractivity contribution in [3.63, 3.8) is 0 Å². The molecule has 0 N–H and O–H groups in total. The van der Waals surface area contributed by atoms with Crippen molar-refractivity contribution < 1.29 is 4.39 Å². The molecule has 1 rings (SSSR count). The normalized spacial score (nSPS) is 9.30. The molecule has 0 saturated heterocycles. The highest BCUT2D eigenvalue weighted by Crippen LogP contribution is 2.05. The molecule has 52 valence electrons. The van der Waals surface area contributed by atoms with Crippen molar-refractivity contribution in [2.24, 2.45) is 0 Å². The van der Waals surface area contributed by atoms with Gasteiger partial charge >= 0.3 is 0 Å². The molecule has 10 heavy (non-hydrogen) atoms. The van der Waals surface area contributed by atoms with E-state index in [1.165, 1.54) is 11.4 Å². The Bertz CT molecular complexity index is 232. The first-order valence-corrected chi connectivity index (χ1v) is 3.49.